The number of anilines is 2. The molecule has 0 aliphatic carbocycles. The highest BCUT2D eigenvalue weighted by Gasteiger charge is 2.18. The molecule has 2 amide bonds. The molecule has 10 nitrogen and oxygen atoms in total. The Bertz CT molecular complexity index is 965. The van der Waals surface area contributed by atoms with E-state index < -0.39 is 40.5 Å². The molecule has 0 aliphatic heterocycles. The molecule has 2 aromatic rings. The summed E-state index contributed by atoms with van der Waals surface area (Å²) in [6.45, 7) is 2.41. The van der Waals surface area contributed by atoms with E-state index in [1.54, 1.807) is 6.92 Å². The minimum Gasteiger partial charge on any atom is -0.456 e. The van der Waals surface area contributed by atoms with Gasteiger partial charge in [0.15, 0.2) is 22.3 Å². The van der Waals surface area contributed by atoms with E-state index in [-0.39, 0.29) is 16.6 Å². The van der Waals surface area contributed by atoms with Gasteiger partial charge >= 0.3 is 5.97 Å². The number of benzene rings is 1. The number of sulfone groups is 1. The fraction of sp³-hybridized carbons (Fsp3) is 0.294. The molecule has 0 fully saturated rings. The summed E-state index contributed by atoms with van der Waals surface area (Å²) in [5, 5.41) is 8.45. The smallest absolute Gasteiger partial charge is 0.307 e. The summed E-state index contributed by atoms with van der Waals surface area (Å²) >= 11 is 0. The molecule has 0 unspecified atom stereocenters. The number of ether oxygens (including phenoxy) is 1. The standard InChI is InChI=1S/C17H19N3O7S/c1-11-9-15(20-27-11)19-16(22)10-26-17(23)7-8-28(24,25)14-5-3-13(4-6-14)18-12(2)21/h3-6,9H,7-8,10H2,1-2H3,(H,18,21)(H,19,20,22). The van der Waals surface area contributed by atoms with Crippen LogP contribution >= 0.6 is 0 Å². The second-order valence-electron chi connectivity index (χ2n) is 5.81. The number of hydrogen-bond donors (Lipinski definition) is 2. The molecule has 0 saturated carbocycles. The summed E-state index contributed by atoms with van der Waals surface area (Å²) in [5.41, 5.74) is 0.458. The first kappa shape index (κ1) is 21.1. The second kappa shape index (κ2) is 9.13. The van der Waals surface area contributed by atoms with E-state index in [2.05, 4.69) is 15.8 Å². The van der Waals surface area contributed by atoms with Crippen molar-refractivity contribution in [2.75, 3.05) is 23.0 Å². The Morgan fingerprint density at radius 3 is 2.39 bits per heavy atom. The molecule has 1 aromatic heterocycles. The van der Waals surface area contributed by atoms with Crippen LogP contribution in [0.2, 0.25) is 0 Å². The largest absolute Gasteiger partial charge is 0.456 e. The number of esters is 1. The maximum Gasteiger partial charge on any atom is 0.307 e. The van der Waals surface area contributed by atoms with Gasteiger partial charge < -0.3 is 19.9 Å². The van der Waals surface area contributed by atoms with Gasteiger partial charge in [-0.15, -0.1) is 0 Å². The van der Waals surface area contributed by atoms with Crippen molar-refractivity contribution in [3.05, 3.63) is 36.1 Å². The van der Waals surface area contributed by atoms with E-state index in [0.717, 1.165) is 0 Å². The zero-order valence-corrected chi connectivity index (χ0v) is 16.0. The van der Waals surface area contributed by atoms with E-state index in [1.807, 2.05) is 0 Å². The van der Waals surface area contributed by atoms with Crippen molar-refractivity contribution in [3.63, 3.8) is 0 Å². The maximum absolute atomic E-state index is 12.3. The third kappa shape index (κ3) is 6.50. The molecule has 0 aliphatic rings. The molecular weight excluding hydrogens is 390 g/mol. The fourth-order valence-electron chi connectivity index (χ4n) is 2.11. The molecule has 28 heavy (non-hydrogen) atoms. The number of rotatable bonds is 8. The number of carbonyl (C=O) groups is 3. The lowest BCUT2D eigenvalue weighted by Gasteiger charge is -2.07. The van der Waals surface area contributed by atoms with Crippen LogP contribution in [0.5, 0.6) is 0 Å². The monoisotopic (exact) mass is 409 g/mol. The van der Waals surface area contributed by atoms with E-state index in [1.165, 1.54) is 37.3 Å². The normalized spacial score (nSPS) is 10.9. The summed E-state index contributed by atoms with van der Waals surface area (Å²) in [6.07, 6.45) is -0.411. The maximum atomic E-state index is 12.3. The predicted molar refractivity (Wildman–Crippen MR) is 98.2 cm³/mol. The SMILES string of the molecule is CC(=O)Nc1ccc(S(=O)(=O)CCC(=O)OCC(=O)Nc2cc(C)on2)cc1. The zero-order valence-electron chi connectivity index (χ0n) is 15.2. The van der Waals surface area contributed by atoms with Gasteiger partial charge in [0.1, 0.15) is 5.76 Å². The molecule has 0 saturated heterocycles. The van der Waals surface area contributed by atoms with Crippen LogP contribution in [0.25, 0.3) is 0 Å². The Morgan fingerprint density at radius 2 is 1.82 bits per heavy atom. The number of carbonyl (C=O) groups excluding carboxylic acids is 3. The molecule has 0 spiro atoms. The van der Waals surface area contributed by atoms with Gasteiger partial charge in [0.25, 0.3) is 5.91 Å². The third-order valence-corrected chi connectivity index (χ3v) is 5.10. The van der Waals surface area contributed by atoms with Gasteiger partial charge in [-0.05, 0) is 31.2 Å². The number of hydrogen-bond acceptors (Lipinski definition) is 8. The molecule has 150 valence electrons. The summed E-state index contributed by atoms with van der Waals surface area (Å²) in [7, 11) is -3.72. The molecule has 0 bridgehead atoms. The molecule has 2 rings (SSSR count). The number of aryl methyl sites for hydroxylation is 1. The number of amides is 2. The van der Waals surface area contributed by atoms with Crippen LogP contribution in [0, 0.1) is 6.92 Å². The van der Waals surface area contributed by atoms with Crippen molar-refractivity contribution in [3.8, 4) is 0 Å². The average Bonchev–Trinajstić information content (AvgIpc) is 3.03. The van der Waals surface area contributed by atoms with Crippen molar-refractivity contribution in [2.45, 2.75) is 25.2 Å². The molecule has 2 N–H and O–H groups in total. The zero-order chi connectivity index (χ0) is 20.7. The highest BCUT2D eigenvalue weighted by atomic mass is 32.2. The third-order valence-electron chi connectivity index (χ3n) is 3.37. The van der Waals surface area contributed by atoms with Crippen molar-refractivity contribution in [2.24, 2.45) is 0 Å². The van der Waals surface area contributed by atoms with Crippen LogP contribution in [0.1, 0.15) is 19.1 Å². The molecule has 1 heterocycles. The van der Waals surface area contributed by atoms with E-state index in [4.69, 9.17) is 9.26 Å². The van der Waals surface area contributed by atoms with Crippen LogP contribution in [0.4, 0.5) is 11.5 Å². The minimum absolute atomic E-state index is 0.00791. The predicted octanol–water partition coefficient (Wildman–Crippen LogP) is 1.29. The van der Waals surface area contributed by atoms with E-state index in [9.17, 15) is 22.8 Å². The van der Waals surface area contributed by atoms with E-state index >= 15 is 0 Å². The second-order valence-corrected chi connectivity index (χ2v) is 7.92. The van der Waals surface area contributed by atoms with Crippen LogP contribution in [-0.2, 0) is 29.0 Å². The Hall–Kier alpha value is -3.21. The van der Waals surface area contributed by atoms with Gasteiger partial charge in [-0.25, -0.2) is 8.42 Å². The number of nitrogens with zero attached hydrogens (tertiary/aromatic N) is 1. The average molecular weight is 409 g/mol. The topological polar surface area (TPSA) is 145 Å². The quantitative estimate of drug-likeness (QED) is 0.620. The first-order valence-corrected chi connectivity index (χ1v) is 9.80. The summed E-state index contributed by atoms with van der Waals surface area (Å²) < 4.78 is 34.0. The van der Waals surface area contributed by atoms with Crippen LogP contribution in [0.3, 0.4) is 0 Å². The molecule has 0 atom stereocenters. The van der Waals surface area contributed by atoms with Gasteiger partial charge in [-0.3, -0.25) is 14.4 Å². The highest BCUT2D eigenvalue weighted by Crippen LogP contribution is 2.16. The van der Waals surface area contributed by atoms with Crippen molar-refractivity contribution < 1.29 is 32.1 Å². The van der Waals surface area contributed by atoms with Gasteiger partial charge in [0, 0.05) is 18.7 Å². The highest BCUT2D eigenvalue weighted by molar-refractivity contribution is 7.91. The van der Waals surface area contributed by atoms with Gasteiger partial charge in [-0.2, -0.15) is 0 Å². The van der Waals surface area contributed by atoms with Crippen molar-refractivity contribution in [1.29, 1.82) is 0 Å². The minimum atomic E-state index is -3.72. The number of aromatic nitrogens is 1. The Morgan fingerprint density at radius 1 is 1.14 bits per heavy atom. The first-order valence-electron chi connectivity index (χ1n) is 8.15. The van der Waals surface area contributed by atoms with E-state index in [0.29, 0.717) is 11.4 Å². The van der Waals surface area contributed by atoms with Crippen molar-refractivity contribution >= 4 is 39.1 Å². The van der Waals surface area contributed by atoms with Gasteiger partial charge in [0.05, 0.1) is 17.1 Å². The molecule has 1 aromatic carbocycles. The summed E-state index contributed by atoms with van der Waals surface area (Å²) in [6, 6.07) is 7.05. The fourth-order valence-corrected chi connectivity index (χ4v) is 3.33. The summed E-state index contributed by atoms with van der Waals surface area (Å²) in [4.78, 5) is 34.3. The molecular formula is C17H19N3O7S. The van der Waals surface area contributed by atoms with Crippen LogP contribution in [0.15, 0.2) is 39.8 Å². The molecule has 11 heteroatoms. The van der Waals surface area contributed by atoms with Crippen LogP contribution in [-0.4, -0.2) is 43.7 Å². The van der Waals surface area contributed by atoms with Crippen molar-refractivity contribution in [1.82, 2.24) is 5.16 Å². The molecule has 0 radical (unpaired) electrons. The Labute approximate surface area is 161 Å². The lowest BCUT2D eigenvalue weighted by Crippen LogP contribution is -2.22. The Balaban J connectivity index is 1.80. The lowest BCUT2D eigenvalue weighted by atomic mass is 10.3. The van der Waals surface area contributed by atoms with Gasteiger partial charge in [0.2, 0.25) is 5.91 Å². The Kier molecular flexibility index (Phi) is 6.88. The first-order chi connectivity index (χ1) is 13.2. The van der Waals surface area contributed by atoms with Gasteiger partial charge in [-0.1, -0.05) is 5.16 Å². The van der Waals surface area contributed by atoms with Crippen LogP contribution < -0.4 is 10.6 Å². The lowest BCUT2D eigenvalue weighted by molar-refractivity contribution is -0.146. The number of nitrogens with one attached hydrogen (secondary N) is 2. The summed E-state index contributed by atoms with van der Waals surface area (Å²) in [5.74, 6) is -1.52.